The molecule has 2 unspecified atom stereocenters. The lowest BCUT2D eigenvalue weighted by Gasteiger charge is -2.30. The Hall–Kier alpha value is -0.450. The third kappa shape index (κ3) is 4.04. The van der Waals surface area contributed by atoms with Gasteiger partial charge in [-0.15, -0.1) is 0 Å². The minimum Gasteiger partial charge on any atom is -0.271 e. The quantitative estimate of drug-likeness (QED) is 0.646. The van der Waals surface area contributed by atoms with E-state index in [4.69, 9.17) is 5.84 Å². The lowest BCUT2D eigenvalue weighted by Crippen LogP contribution is -2.32. The highest BCUT2D eigenvalue weighted by Gasteiger charge is 2.25. The van der Waals surface area contributed by atoms with Gasteiger partial charge in [0.05, 0.1) is 0 Å². The largest absolute Gasteiger partial charge is 0.271 e. The first-order valence-corrected chi connectivity index (χ1v) is 6.96. The topological polar surface area (TPSA) is 38.0 Å². The predicted molar refractivity (Wildman–Crippen MR) is 77.4 cm³/mol. The van der Waals surface area contributed by atoms with Gasteiger partial charge in [-0.3, -0.25) is 11.3 Å². The molecule has 1 rings (SSSR count). The average molecular weight is 317 g/mol. The van der Waals surface area contributed by atoms with Gasteiger partial charge in [0.15, 0.2) is 0 Å². The zero-order valence-corrected chi connectivity index (χ0v) is 13.0. The Morgan fingerprint density at radius 3 is 2.50 bits per heavy atom. The van der Waals surface area contributed by atoms with Crippen molar-refractivity contribution in [3.05, 3.63) is 34.1 Å². The Balaban J connectivity index is 2.93. The molecule has 1 aromatic carbocycles. The lowest BCUT2D eigenvalue weighted by atomic mass is 9.77. The van der Waals surface area contributed by atoms with Crippen LogP contribution in [0.25, 0.3) is 0 Å². The SMILES string of the molecule is CC(CC(NN)c1cc(Br)ccc1F)C(C)(C)C. The van der Waals surface area contributed by atoms with Crippen LogP contribution in [0.15, 0.2) is 22.7 Å². The van der Waals surface area contributed by atoms with Gasteiger partial charge in [0.25, 0.3) is 0 Å². The Kier molecular flexibility index (Phi) is 5.32. The van der Waals surface area contributed by atoms with Crippen LogP contribution in [0.1, 0.15) is 45.7 Å². The van der Waals surface area contributed by atoms with Crippen LogP contribution < -0.4 is 11.3 Å². The molecule has 0 bridgehead atoms. The molecule has 18 heavy (non-hydrogen) atoms. The third-order valence-electron chi connectivity index (χ3n) is 3.60. The summed E-state index contributed by atoms with van der Waals surface area (Å²) < 4.78 is 14.7. The van der Waals surface area contributed by atoms with E-state index in [9.17, 15) is 4.39 Å². The van der Waals surface area contributed by atoms with Gasteiger partial charge in [-0.25, -0.2) is 4.39 Å². The first-order valence-electron chi connectivity index (χ1n) is 6.16. The summed E-state index contributed by atoms with van der Waals surface area (Å²) in [5.41, 5.74) is 3.52. The molecule has 0 spiro atoms. The zero-order valence-electron chi connectivity index (χ0n) is 11.4. The smallest absolute Gasteiger partial charge is 0.128 e. The van der Waals surface area contributed by atoms with Crippen LogP contribution in [0.2, 0.25) is 0 Å². The Bertz CT molecular complexity index is 401. The van der Waals surface area contributed by atoms with Gasteiger partial charge in [0.2, 0.25) is 0 Å². The summed E-state index contributed by atoms with van der Waals surface area (Å²) in [4.78, 5) is 0. The predicted octanol–water partition coefficient (Wildman–Crippen LogP) is 4.16. The molecule has 0 fully saturated rings. The van der Waals surface area contributed by atoms with Crippen LogP contribution in [-0.4, -0.2) is 0 Å². The van der Waals surface area contributed by atoms with Crippen LogP contribution in [0.5, 0.6) is 0 Å². The van der Waals surface area contributed by atoms with Crippen LogP contribution in [-0.2, 0) is 0 Å². The van der Waals surface area contributed by atoms with E-state index in [1.807, 2.05) is 0 Å². The summed E-state index contributed by atoms with van der Waals surface area (Å²) in [6, 6.07) is 4.78. The van der Waals surface area contributed by atoms with Crippen molar-refractivity contribution in [2.24, 2.45) is 17.2 Å². The molecule has 0 aliphatic rings. The maximum absolute atomic E-state index is 13.8. The van der Waals surface area contributed by atoms with Crippen LogP contribution in [0.4, 0.5) is 4.39 Å². The monoisotopic (exact) mass is 316 g/mol. The molecule has 0 radical (unpaired) electrons. The van der Waals surface area contributed by atoms with Crippen molar-refractivity contribution < 1.29 is 4.39 Å². The zero-order chi connectivity index (χ0) is 13.9. The molecule has 2 atom stereocenters. The van der Waals surface area contributed by atoms with Crippen molar-refractivity contribution >= 4 is 15.9 Å². The second-order valence-electron chi connectivity index (χ2n) is 5.89. The second-order valence-corrected chi connectivity index (χ2v) is 6.80. The third-order valence-corrected chi connectivity index (χ3v) is 4.10. The van der Waals surface area contributed by atoms with Gasteiger partial charge in [-0.05, 0) is 36.0 Å². The number of nitrogens with one attached hydrogen (secondary N) is 1. The highest BCUT2D eigenvalue weighted by atomic mass is 79.9. The van der Waals surface area contributed by atoms with E-state index in [0.29, 0.717) is 11.5 Å². The maximum atomic E-state index is 13.8. The molecule has 0 saturated heterocycles. The fraction of sp³-hybridized carbons (Fsp3) is 0.571. The minimum absolute atomic E-state index is 0.170. The van der Waals surface area contributed by atoms with Gasteiger partial charge < -0.3 is 0 Å². The second kappa shape index (κ2) is 6.13. The summed E-state index contributed by atoms with van der Waals surface area (Å²) in [6.07, 6.45) is 0.799. The number of hydrogen-bond acceptors (Lipinski definition) is 2. The number of benzene rings is 1. The van der Waals surface area contributed by atoms with Gasteiger partial charge in [-0.2, -0.15) is 0 Å². The molecular weight excluding hydrogens is 295 g/mol. The Labute approximate surface area is 117 Å². The normalized spacial score (nSPS) is 15.5. The van der Waals surface area contributed by atoms with Crippen molar-refractivity contribution in [2.75, 3.05) is 0 Å². The minimum atomic E-state index is -0.220. The first kappa shape index (κ1) is 15.6. The molecule has 3 N–H and O–H groups in total. The Morgan fingerprint density at radius 1 is 1.39 bits per heavy atom. The van der Waals surface area contributed by atoms with Gasteiger partial charge in [0.1, 0.15) is 5.82 Å². The molecule has 102 valence electrons. The van der Waals surface area contributed by atoms with Crippen LogP contribution in [0, 0.1) is 17.2 Å². The van der Waals surface area contributed by atoms with E-state index >= 15 is 0 Å². The number of rotatable bonds is 4. The fourth-order valence-electron chi connectivity index (χ4n) is 1.77. The van der Waals surface area contributed by atoms with Gasteiger partial charge >= 0.3 is 0 Å². The van der Waals surface area contributed by atoms with Crippen molar-refractivity contribution in [1.29, 1.82) is 0 Å². The number of nitrogens with two attached hydrogens (primary N) is 1. The molecule has 0 aromatic heterocycles. The van der Waals surface area contributed by atoms with E-state index in [2.05, 4.69) is 49.1 Å². The average Bonchev–Trinajstić information content (AvgIpc) is 2.28. The summed E-state index contributed by atoms with van der Waals surface area (Å²) in [7, 11) is 0. The summed E-state index contributed by atoms with van der Waals surface area (Å²) in [5, 5.41) is 0. The van der Waals surface area contributed by atoms with Crippen molar-refractivity contribution in [3.63, 3.8) is 0 Å². The molecule has 2 nitrogen and oxygen atoms in total. The van der Waals surface area contributed by atoms with Gasteiger partial charge in [0, 0.05) is 16.1 Å². The molecular formula is C14H22BrFN2. The fourth-order valence-corrected chi connectivity index (χ4v) is 2.15. The molecule has 0 saturated carbocycles. The lowest BCUT2D eigenvalue weighted by molar-refractivity contribution is 0.222. The Morgan fingerprint density at radius 2 is 2.00 bits per heavy atom. The molecule has 0 amide bonds. The molecule has 0 heterocycles. The van der Waals surface area contributed by atoms with Crippen LogP contribution >= 0.6 is 15.9 Å². The van der Waals surface area contributed by atoms with Crippen LogP contribution in [0.3, 0.4) is 0 Å². The summed E-state index contributed by atoms with van der Waals surface area (Å²) in [5.74, 6) is 5.79. The van der Waals surface area contributed by atoms with Crippen molar-refractivity contribution in [3.8, 4) is 0 Å². The highest BCUT2D eigenvalue weighted by Crippen LogP contribution is 2.34. The van der Waals surface area contributed by atoms with E-state index in [-0.39, 0.29) is 17.3 Å². The molecule has 1 aromatic rings. The standard InChI is InChI=1S/C14H22BrFN2/c1-9(14(2,3)4)7-13(18-17)11-8-10(15)5-6-12(11)16/h5-6,8-9,13,18H,7,17H2,1-4H3. The number of hydrazine groups is 1. The number of halogens is 2. The van der Waals surface area contributed by atoms with E-state index < -0.39 is 0 Å². The summed E-state index contributed by atoms with van der Waals surface area (Å²) in [6.45, 7) is 8.72. The van der Waals surface area contributed by atoms with Gasteiger partial charge in [-0.1, -0.05) is 43.6 Å². The number of hydrogen-bond donors (Lipinski definition) is 2. The van der Waals surface area contributed by atoms with Crippen molar-refractivity contribution in [2.45, 2.75) is 40.2 Å². The van der Waals surface area contributed by atoms with E-state index in [1.54, 1.807) is 12.1 Å². The summed E-state index contributed by atoms with van der Waals surface area (Å²) >= 11 is 3.36. The molecule has 0 aliphatic carbocycles. The van der Waals surface area contributed by atoms with E-state index in [1.165, 1.54) is 6.07 Å². The molecule has 4 heteroatoms. The molecule has 0 aliphatic heterocycles. The highest BCUT2D eigenvalue weighted by molar-refractivity contribution is 9.10. The first-order chi connectivity index (χ1) is 8.25. The van der Waals surface area contributed by atoms with Crippen molar-refractivity contribution in [1.82, 2.24) is 5.43 Å². The maximum Gasteiger partial charge on any atom is 0.128 e. The van der Waals surface area contributed by atoms with E-state index in [0.717, 1.165) is 10.9 Å².